The molecule has 0 aromatic carbocycles. The van der Waals surface area contributed by atoms with Gasteiger partial charge >= 0.3 is 0 Å². The molecule has 0 bridgehead atoms. The SMILES string of the molecule is CC1CN2CCCCC2CN1c1ncc(CCN)cn1. The summed E-state index contributed by atoms with van der Waals surface area (Å²) in [7, 11) is 0. The van der Waals surface area contributed by atoms with E-state index in [4.69, 9.17) is 5.73 Å². The van der Waals surface area contributed by atoms with E-state index in [-0.39, 0.29) is 0 Å². The van der Waals surface area contributed by atoms with E-state index in [0.29, 0.717) is 18.6 Å². The molecule has 0 saturated carbocycles. The Bertz CT molecular complexity index is 432. The van der Waals surface area contributed by atoms with Gasteiger partial charge in [0.25, 0.3) is 0 Å². The van der Waals surface area contributed by atoms with Crippen molar-refractivity contribution in [3.63, 3.8) is 0 Å². The highest BCUT2D eigenvalue weighted by Crippen LogP contribution is 2.26. The molecule has 2 aliphatic heterocycles. The summed E-state index contributed by atoms with van der Waals surface area (Å²) in [5.41, 5.74) is 6.69. The molecule has 2 atom stereocenters. The summed E-state index contributed by atoms with van der Waals surface area (Å²) in [6, 6.07) is 1.18. The molecule has 0 aliphatic carbocycles. The number of anilines is 1. The van der Waals surface area contributed by atoms with Crippen LogP contribution in [0.5, 0.6) is 0 Å². The van der Waals surface area contributed by atoms with Crippen molar-refractivity contribution in [1.29, 1.82) is 0 Å². The van der Waals surface area contributed by atoms with Crippen LogP contribution in [0.15, 0.2) is 12.4 Å². The molecule has 5 heteroatoms. The Morgan fingerprint density at radius 1 is 1.25 bits per heavy atom. The van der Waals surface area contributed by atoms with Gasteiger partial charge in [0.2, 0.25) is 5.95 Å². The lowest BCUT2D eigenvalue weighted by molar-refractivity contribution is 0.115. The standard InChI is InChI=1S/C15H25N5/c1-12-10-19-7-3-2-4-14(19)11-20(12)15-17-8-13(5-6-16)9-18-15/h8-9,12,14H,2-7,10-11,16H2,1H3. The topological polar surface area (TPSA) is 58.3 Å². The number of fused-ring (bicyclic) bond motifs is 1. The molecule has 2 unspecified atom stereocenters. The van der Waals surface area contributed by atoms with Crippen molar-refractivity contribution >= 4 is 5.95 Å². The zero-order valence-corrected chi connectivity index (χ0v) is 12.3. The van der Waals surface area contributed by atoms with Crippen molar-refractivity contribution in [2.45, 2.75) is 44.7 Å². The van der Waals surface area contributed by atoms with Gasteiger partial charge in [0.1, 0.15) is 0 Å². The largest absolute Gasteiger partial charge is 0.335 e. The summed E-state index contributed by atoms with van der Waals surface area (Å²) in [5.74, 6) is 0.878. The highest BCUT2D eigenvalue weighted by molar-refractivity contribution is 5.33. The second-order valence-electron chi connectivity index (χ2n) is 6.08. The molecule has 5 nitrogen and oxygen atoms in total. The molecule has 20 heavy (non-hydrogen) atoms. The van der Waals surface area contributed by atoms with Gasteiger partial charge in [-0.2, -0.15) is 0 Å². The summed E-state index contributed by atoms with van der Waals surface area (Å²) < 4.78 is 0. The van der Waals surface area contributed by atoms with E-state index in [0.717, 1.165) is 31.0 Å². The summed E-state index contributed by atoms with van der Waals surface area (Å²) in [5, 5.41) is 0. The van der Waals surface area contributed by atoms with E-state index in [1.165, 1.54) is 25.8 Å². The van der Waals surface area contributed by atoms with Crippen LogP contribution in [0.1, 0.15) is 31.7 Å². The predicted molar refractivity (Wildman–Crippen MR) is 80.8 cm³/mol. The van der Waals surface area contributed by atoms with Crippen molar-refractivity contribution < 1.29 is 0 Å². The maximum absolute atomic E-state index is 5.57. The number of hydrogen-bond acceptors (Lipinski definition) is 5. The van der Waals surface area contributed by atoms with Gasteiger partial charge in [-0.1, -0.05) is 6.42 Å². The van der Waals surface area contributed by atoms with Crippen LogP contribution in [0, 0.1) is 0 Å². The van der Waals surface area contributed by atoms with E-state index in [1.54, 1.807) is 0 Å². The van der Waals surface area contributed by atoms with Gasteiger partial charge < -0.3 is 10.6 Å². The Morgan fingerprint density at radius 2 is 2.05 bits per heavy atom. The lowest BCUT2D eigenvalue weighted by atomic mass is 9.97. The van der Waals surface area contributed by atoms with Crippen molar-refractivity contribution in [1.82, 2.24) is 14.9 Å². The van der Waals surface area contributed by atoms with Gasteiger partial charge in [0.15, 0.2) is 0 Å². The molecule has 0 amide bonds. The molecule has 0 spiro atoms. The van der Waals surface area contributed by atoms with Crippen molar-refractivity contribution in [3.8, 4) is 0 Å². The van der Waals surface area contributed by atoms with Crippen LogP contribution in [0.25, 0.3) is 0 Å². The highest BCUT2D eigenvalue weighted by Gasteiger charge is 2.33. The Kier molecular flexibility index (Phi) is 4.17. The number of hydrogen-bond donors (Lipinski definition) is 1. The number of nitrogens with zero attached hydrogens (tertiary/aromatic N) is 4. The first-order valence-corrected chi connectivity index (χ1v) is 7.79. The van der Waals surface area contributed by atoms with Gasteiger partial charge in [-0.05, 0) is 44.8 Å². The molecule has 2 N–H and O–H groups in total. The molecule has 1 aromatic heterocycles. The highest BCUT2D eigenvalue weighted by atomic mass is 15.4. The Morgan fingerprint density at radius 3 is 2.80 bits per heavy atom. The van der Waals surface area contributed by atoms with Crippen molar-refractivity contribution in [3.05, 3.63) is 18.0 Å². The molecule has 2 fully saturated rings. The molecule has 3 rings (SSSR count). The number of rotatable bonds is 3. The zero-order chi connectivity index (χ0) is 13.9. The fourth-order valence-corrected chi connectivity index (χ4v) is 3.42. The minimum Gasteiger partial charge on any atom is -0.335 e. The normalized spacial score (nSPS) is 27.4. The third kappa shape index (κ3) is 2.79. The van der Waals surface area contributed by atoms with Gasteiger partial charge in [0, 0.05) is 37.6 Å². The molecule has 3 heterocycles. The second kappa shape index (κ2) is 6.06. The van der Waals surface area contributed by atoms with E-state index in [2.05, 4.69) is 26.7 Å². The van der Waals surface area contributed by atoms with E-state index in [1.807, 2.05) is 12.4 Å². The van der Waals surface area contributed by atoms with Crippen molar-refractivity contribution in [2.75, 3.05) is 31.1 Å². The minimum atomic E-state index is 0.490. The molecular formula is C15H25N5. The Hall–Kier alpha value is -1.20. The first-order valence-electron chi connectivity index (χ1n) is 7.79. The monoisotopic (exact) mass is 275 g/mol. The van der Waals surface area contributed by atoms with Gasteiger partial charge in [0.05, 0.1) is 0 Å². The predicted octanol–water partition coefficient (Wildman–Crippen LogP) is 1.04. The maximum atomic E-state index is 5.57. The number of piperazine rings is 1. The minimum absolute atomic E-state index is 0.490. The lowest BCUT2D eigenvalue weighted by Crippen LogP contribution is -2.59. The van der Waals surface area contributed by atoms with Crippen molar-refractivity contribution in [2.24, 2.45) is 5.73 Å². The molecule has 0 radical (unpaired) electrons. The van der Waals surface area contributed by atoms with Crippen LogP contribution >= 0.6 is 0 Å². The smallest absolute Gasteiger partial charge is 0.225 e. The quantitative estimate of drug-likeness (QED) is 0.893. The summed E-state index contributed by atoms with van der Waals surface area (Å²) in [4.78, 5) is 14.1. The number of piperidine rings is 1. The zero-order valence-electron chi connectivity index (χ0n) is 12.3. The number of nitrogens with two attached hydrogens (primary N) is 1. The molecular weight excluding hydrogens is 250 g/mol. The second-order valence-corrected chi connectivity index (χ2v) is 6.08. The van der Waals surface area contributed by atoms with Crippen LogP contribution in [-0.2, 0) is 6.42 Å². The average molecular weight is 275 g/mol. The van der Waals surface area contributed by atoms with Gasteiger partial charge in [-0.15, -0.1) is 0 Å². The fraction of sp³-hybridized carbons (Fsp3) is 0.733. The van der Waals surface area contributed by atoms with Gasteiger partial charge in [-0.3, -0.25) is 4.90 Å². The van der Waals surface area contributed by atoms with E-state index >= 15 is 0 Å². The third-order valence-electron chi connectivity index (χ3n) is 4.57. The third-order valence-corrected chi connectivity index (χ3v) is 4.57. The summed E-state index contributed by atoms with van der Waals surface area (Å²) >= 11 is 0. The summed E-state index contributed by atoms with van der Waals surface area (Å²) in [6.07, 6.45) is 8.73. The van der Waals surface area contributed by atoms with Gasteiger partial charge in [-0.25, -0.2) is 9.97 Å². The summed E-state index contributed by atoms with van der Waals surface area (Å²) in [6.45, 7) is 6.40. The number of aromatic nitrogens is 2. The van der Waals surface area contributed by atoms with Crippen LogP contribution in [0.4, 0.5) is 5.95 Å². The molecule has 2 saturated heterocycles. The lowest BCUT2D eigenvalue weighted by Gasteiger charge is -2.47. The van der Waals surface area contributed by atoms with E-state index in [9.17, 15) is 0 Å². The van der Waals surface area contributed by atoms with E-state index < -0.39 is 0 Å². The van der Waals surface area contributed by atoms with Crippen LogP contribution in [-0.4, -0.2) is 53.1 Å². The Labute approximate surface area is 121 Å². The molecule has 2 aliphatic rings. The van der Waals surface area contributed by atoms with Crippen LogP contribution < -0.4 is 10.6 Å². The maximum Gasteiger partial charge on any atom is 0.225 e. The first-order chi connectivity index (χ1) is 9.78. The first kappa shape index (κ1) is 13.8. The molecule has 1 aromatic rings. The average Bonchev–Trinajstić information content (AvgIpc) is 2.48. The molecule has 110 valence electrons. The fourth-order valence-electron chi connectivity index (χ4n) is 3.42. The Balaban J connectivity index is 1.72. The van der Waals surface area contributed by atoms with Crippen LogP contribution in [0.3, 0.4) is 0 Å². The van der Waals surface area contributed by atoms with Crippen LogP contribution in [0.2, 0.25) is 0 Å².